The van der Waals surface area contributed by atoms with Gasteiger partial charge in [-0.3, -0.25) is 9.69 Å². The molecule has 2 amide bonds. The van der Waals surface area contributed by atoms with Crippen molar-refractivity contribution in [2.75, 3.05) is 33.3 Å². The van der Waals surface area contributed by atoms with Gasteiger partial charge < -0.3 is 15.0 Å². The molecule has 0 aliphatic carbocycles. The summed E-state index contributed by atoms with van der Waals surface area (Å²) in [5.41, 5.74) is 2.53. The number of amides is 2. The van der Waals surface area contributed by atoms with Gasteiger partial charge in [0.1, 0.15) is 0 Å². The zero-order valence-corrected chi connectivity index (χ0v) is 17.0. The molecule has 0 spiro atoms. The molecule has 27 heavy (non-hydrogen) atoms. The summed E-state index contributed by atoms with van der Waals surface area (Å²) < 4.78 is 5.02. The lowest BCUT2D eigenvalue weighted by atomic mass is 10.0. The Labute approximate surface area is 162 Å². The molecule has 1 heterocycles. The van der Waals surface area contributed by atoms with Crippen molar-refractivity contribution in [1.29, 1.82) is 0 Å². The average molecular weight is 376 g/mol. The molecule has 0 atom stereocenters. The van der Waals surface area contributed by atoms with Crippen molar-refractivity contribution in [3.05, 3.63) is 35.4 Å². The van der Waals surface area contributed by atoms with Crippen molar-refractivity contribution >= 4 is 12.0 Å². The van der Waals surface area contributed by atoms with Crippen LogP contribution in [-0.4, -0.2) is 61.1 Å². The minimum Gasteiger partial charge on any atom is -0.450 e. The van der Waals surface area contributed by atoms with E-state index in [9.17, 15) is 9.59 Å². The average Bonchev–Trinajstić information content (AvgIpc) is 2.62. The molecule has 0 unspecified atom stereocenters. The number of benzene rings is 1. The van der Waals surface area contributed by atoms with Gasteiger partial charge in [-0.25, -0.2) is 4.79 Å². The van der Waals surface area contributed by atoms with Crippen molar-refractivity contribution in [3.8, 4) is 0 Å². The van der Waals surface area contributed by atoms with Crippen molar-refractivity contribution in [3.63, 3.8) is 0 Å². The highest BCUT2D eigenvalue weighted by Gasteiger charge is 2.24. The summed E-state index contributed by atoms with van der Waals surface area (Å²) in [6, 6.07) is 8.71. The third-order valence-electron chi connectivity index (χ3n) is 4.90. The number of hydrogen-bond acceptors (Lipinski definition) is 4. The van der Waals surface area contributed by atoms with Crippen molar-refractivity contribution in [2.24, 2.45) is 0 Å². The molecule has 6 nitrogen and oxygen atoms in total. The molecule has 6 heteroatoms. The van der Waals surface area contributed by atoms with E-state index in [4.69, 9.17) is 4.74 Å². The summed E-state index contributed by atoms with van der Waals surface area (Å²) in [6.07, 6.45) is 1.28. The van der Waals surface area contributed by atoms with Crippen molar-refractivity contribution < 1.29 is 14.3 Å². The summed E-state index contributed by atoms with van der Waals surface area (Å²) in [5.74, 6) is 0.559. The second kappa shape index (κ2) is 10.3. The molecule has 150 valence electrons. The number of rotatable bonds is 7. The second-order valence-corrected chi connectivity index (χ2v) is 7.60. The maximum absolute atomic E-state index is 12.3. The number of nitrogens with zero attached hydrogens (tertiary/aromatic N) is 2. The van der Waals surface area contributed by atoms with Crippen LogP contribution in [0, 0.1) is 0 Å². The molecule has 0 aromatic heterocycles. The highest BCUT2D eigenvalue weighted by Crippen LogP contribution is 2.15. The maximum atomic E-state index is 12.3. The van der Waals surface area contributed by atoms with Gasteiger partial charge in [0.2, 0.25) is 5.91 Å². The highest BCUT2D eigenvalue weighted by molar-refractivity contribution is 5.78. The largest absolute Gasteiger partial charge is 0.450 e. The molecule has 0 saturated carbocycles. The van der Waals surface area contributed by atoms with Crippen LogP contribution >= 0.6 is 0 Å². The van der Waals surface area contributed by atoms with Crippen molar-refractivity contribution in [2.45, 2.75) is 52.1 Å². The minimum atomic E-state index is -0.259. The first-order chi connectivity index (χ1) is 12.9. The predicted octanol–water partition coefficient (Wildman–Crippen LogP) is 2.98. The maximum Gasteiger partial charge on any atom is 0.409 e. The quantitative estimate of drug-likeness (QED) is 0.796. The lowest BCUT2D eigenvalue weighted by molar-refractivity contribution is -0.123. The number of piperidine rings is 1. The fourth-order valence-electron chi connectivity index (χ4n) is 3.32. The van der Waals surface area contributed by atoms with Crippen LogP contribution in [-0.2, 0) is 16.1 Å². The van der Waals surface area contributed by atoms with Gasteiger partial charge in [-0.2, -0.15) is 0 Å². The van der Waals surface area contributed by atoms with Crippen LogP contribution in [0.15, 0.2) is 24.3 Å². The van der Waals surface area contributed by atoms with Crippen LogP contribution < -0.4 is 5.32 Å². The summed E-state index contributed by atoms with van der Waals surface area (Å²) in [5, 5.41) is 3.09. The standard InChI is InChI=1S/C21H33N3O3/c1-5-27-21(26)24-12-10-19(11-13-24)22-20(25)15-23(4)14-17-6-8-18(9-7-17)16(2)3/h6-9,16,19H,5,10-15H2,1-4H3,(H,22,25). The van der Waals surface area contributed by atoms with E-state index in [0.717, 1.165) is 19.4 Å². The van der Waals surface area contributed by atoms with E-state index in [2.05, 4.69) is 43.4 Å². The normalized spacial score (nSPS) is 15.3. The molecule has 2 rings (SSSR count). The summed E-state index contributed by atoms with van der Waals surface area (Å²) >= 11 is 0. The van der Waals surface area contributed by atoms with Gasteiger partial charge in [0.05, 0.1) is 13.2 Å². The van der Waals surface area contributed by atoms with E-state index in [-0.39, 0.29) is 18.0 Å². The molecule has 1 saturated heterocycles. The molecule has 1 aromatic carbocycles. The van der Waals surface area contributed by atoms with Gasteiger partial charge in [0, 0.05) is 25.7 Å². The highest BCUT2D eigenvalue weighted by atomic mass is 16.6. The Balaban J connectivity index is 1.71. The fraction of sp³-hybridized carbons (Fsp3) is 0.619. The Kier molecular flexibility index (Phi) is 8.10. The first-order valence-corrected chi connectivity index (χ1v) is 9.87. The Hall–Kier alpha value is -2.08. The van der Waals surface area contributed by atoms with Gasteiger partial charge in [0.15, 0.2) is 0 Å². The van der Waals surface area contributed by atoms with Gasteiger partial charge in [-0.15, -0.1) is 0 Å². The van der Waals surface area contributed by atoms with E-state index in [1.165, 1.54) is 11.1 Å². The van der Waals surface area contributed by atoms with Crippen LogP contribution in [0.25, 0.3) is 0 Å². The first kappa shape index (κ1) is 21.2. The molecule has 0 bridgehead atoms. The lowest BCUT2D eigenvalue weighted by Crippen LogP contribution is -2.48. The molecule has 1 aromatic rings. The number of carbonyl (C=O) groups is 2. The molecular formula is C21H33N3O3. The Morgan fingerprint density at radius 1 is 1.22 bits per heavy atom. The van der Waals surface area contributed by atoms with E-state index in [1.807, 2.05) is 11.9 Å². The van der Waals surface area contributed by atoms with Crippen LogP contribution in [0.5, 0.6) is 0 Å². The molecule has 0 radical (unpaired) electrons. The first-order valence-electron chi connectivity index (χ1n) is 9.87. The van der Waals surface area contributed by atoms with Gasteiger partial charge in [0.25, 0.3) is 0 Å². The molecule has 1 N–H and O–H groups in total. The number of likely N-dealkylation sites (tertiary alicyclic amines) is 1. The van der Waals surface area contributed by atoms with Crippen molar-refractivity contribution in [1.82, 2.24) is 15.1 Å². The fourth-order valence-corrected chi connectivity index (χ4v) is 3.32. The van der Waals surface area contributed by atoms with E-state index in [1.54, 1.807) is 11.8 Å². The van der Waals surface area contributed by atoms with E-state index >= 15 is 0 Å². The lowest BCUT2D eigenvalue weighted by Gasteiger charge is -2.32. The summed E-state index contributed by atoms with van der Waals surface area (Å²) in [7, 11) is 1.96. The third-order valence-corrected chi connectivity index (χ3v) is 4.90. The SMILES string of the molecule is CCOC(=O)N1CCC(NC(=O)CN(C)Cc2ccc(C(C)C)cc2)CC1. The smallest absolute Gasteiger partial charge is 0.409 e. The van der Waals surface area contributed by atoms with Gasteiger partial charge in [-0.05, 0) is 43.9 Å². The molecule has 1 aliphatic heterocycles. The zero-order chi connectivity index (χ0) is 19.8. The molecule has 1 fully saturated rings. The van der Waals surface area contributed by atoms with Crippen LogP contribution in [0.1, 0.15) is 50.7 Å². The Bertz CT molecular complexity index is 608. The number of hydrogen-bond donors (Lipinski definition) is 1. The van der Waals surface area contributed by atoms with Crippen LogP contribution in [0.3, 0.4) is 0 Å². The van der Waals surface area contributed by atoms with Crippen LogP contribution in [0.2, 0.25) is 0 Å². The predicted molar refractivity (Wildman–Crippen MR) is 107 cm³/mol. The van der Waals surface area contributed by atoms with E-state index < -0.39 is 0 Å². The zero-order valence-electron chi connectivity index (χ0n) is 17.0. The Morgan fingerprint density at radius 2 is 1.85 bits per heavy atom. The van der Waals surface area contributed by atoms with Gasteiger partial charge >= 0.3 is 6.09 Å². The topological polar surface area (TPSA) is 61.9 Å². The van der Waals surface area contributed by atoms with Gasteiger partial charge in [-0.1, -0.05) is 38.1 Å². The third kappa shape index (κ3) is 6.86. The number of nitrogens with one attached hydrogen (secondary N) is 1. The second-order valence-electron chi connectivity index (χ2n) is 7.60. The molecule has 1 aliphatic rings. The monoisotopic (exact) mass is 375 g/mol. The number of ether oxygens (including phenoxy) is 1. The Morgan fingerprint density at radius 3 is 2.41 bits per heavy atom. The summed E-state index contributed by atoms with van der Waals surface area (Å²) in [6.45, 7) is 8.92. The van der Waals surface area contributed by atoms with E-state index in [0.29, 0.717) is 32.2 Å². The summed E-state index contributed by atoms with van der Waals surface area (Å²) in [4.78, 5) is 27.8. The van der Waals surface area contributed by atoms with Crippen LogP contribution in [0.4, 0.5) is 4.79 Å². The number of likely N-dealkylation sites (N-methyl/N-ethyl adjacent to an activating group) is 1. The molecular weight excluding hydrogens is 342 g/mol. The number of carbonyl (C=O) groups excluding carboxylic acids is 2. The minimum absolute atomic E-state index is 0.0332.